The van der Waals surface area contributed by atoms with E-state index in [9.17, 15) is 13.2 Å². The van der Waals surface area contributed by atoms with E-state index >= 15 is 0 Å². The molecular formula is C22H27IN2O3S. The van der Waals surface area contributed by atoms with Gasteiger partial charge in [0.2, 0.25) is 15.9 Å². The molecule has 1 fully saturated rings. The predicted octanol–water partition coefficient (Wildman–Crippen LogP) is 3.88. The number of halogens is 1. The van der Waals surface area contributed by atoms with Crippen molar-refractivity contribution in [2.75, 3.05) is 0 Å². The smallest absolute Gasteiger partial charge is 0.241 e. The molecule has 0 bridgehead atoms. The highest BCUT2D eigenvalue weighted by Gasteiger charge is 2.30. The van der Waals surface area contributed by atoms with Gasteiger partial charge in [0.1, 0.15) is 6.04 Å². The number of carbonyl (C=O) groups is 1. The lowest BCUT2D eigenvalue weighted by Crippen LogP contribution is -2.52. The molecule has 3 atom stereocenters. The molecule has 1 aliphatic rings. The fourth-order valence-corrected chi connectivity index (χ4v) is 5.28. The minimum absolute atomic E-state index is 0.0948. The Hall–Kier alpha value is -1.45. The summed E-state index contributed by atoms with van der Waals surface area (Å²) in [5.74, 6) is 0.138. The van der Waals surface area contributed by atoms with Crippen LogP contribution in [0.5, 0.6) is 0 Å². The molecule has 0 aromatic heterocycles. The Balaban J connectivity index is 1.80. The van der Waals surface area contributed by atoms with Gasteiger partial charge in [-0.15, -0.1) is 0 Å². The third-order valence-corrected chi connectivity index (χ3v) is 7.67. The molecular weight excluding hydrogens is 499 g/mol. The molecule has 0 radical (unpaired) electrons. The van der Waals surface area contributed by atoms with Gasteiger partial charge in [0.25, 0.3) is 0 Å². The standard InChI is InChI=1S/C22H27IN2O3S/c1-16-7-5-6-10-20(16)24-22(26)21(15-17-8-3-2-4-9-17)25-29(27,28)19-13-11-18(23)12-14-19/h2-4,8-9,11-14,16,20-21,25H,5-7,10,15H2,1H3,(H,24,26)/t16-,20-,21+/m1/s1. The molecule has 0 saturated heterocycles. The fraction of sp³-hybridized carbons (Fsp3) is 0.409. The molecule has 2 N–H and O–H groups in total. The van der Waals surface area contributed by atoms with E-state index in [0.717, 1.165) is 28.4 Å². The Bertz CT molecular complexity index is 917. The summed E-state index contributed by atoms with van der Waals surface area (Å²) in [6.45, 7) is 2.14. The Labute approximate surface area is 186 Å². The topological polar surface area (TPSA) is 75.3 Å². The molecule has 5 nitrogen and oxygen atoms in total. The van der Waals surface area contributed by atoms with E-state index in [0.29, 0.717) is 12.3 Å². The highest BCUT2D eigenvalue weighted by atomic mass is 127. The van der Waals surface area contributed by atoms with E-state index < -0.39 is 16.1 Å². The molecule has 1 saturated carbocycles. The molecule has 2 aromatic carbocycles. The van der Waals surface area contributed by atoms with Gasteiger partial charge in [-0.25, -0.2) is 8.42 Å². The molecule has 156 valence electrons. The van der Waals surface area contributed by atoms with Crippen LogP contribution >= 0.6 is 22.6 Å². The van der Waals surface area contributed by atoms with Crippen LogP contribution in [0.15, 0.2) is 59.5 Å². The van der Waals surface area contributed by atoms with E-state index in [-0.39, 0.29) is 16.8 Å². The second-order valence-electron chi connectivity index (χ2n) is 7.69. The minimum Gasteiger partial charge on any atom is -0.352 e. The van der Waals surface area contributed by atoms with Gasteiger partial charge in [-0.05, 0) is 77.6 Å². The largest absolute Gasteiger partial charge is 0.352 e. The van der Waals surface area contributed by atoms with Gasteiger partial charge in [-0.1, -0.05) is 50.1 Å². The highest BCUT2D eigenvalue weighted by molar-refractivity contribution is 14.1. The van der Waals surface area contributed by atoms with Gasteiger partial charge >= 0.3 is 0 Å². The van der Waals surface area contributed by atoms with E-state index in [1.54, 1.807) is 24.3 Å². The third kappa shape index (κ3) is 6.26. The zero-order valence-electron chi connectivity index (χ0n) is 16.5. The van der Waals surface area contributed by atoms with Crippen LogP contribution in [0, 0.1) is 9.49 Å². The normalized spacial score (nSPS) is 20.8. The monoisotopic (exact) mass is 526 g/mol. The van der Waals surface area contributed by atoms with Gasteiger partial charge < -0.3 is 5.32 Å². The van der Waals surface area contributed by atoms with Crippen LogP contribution in [0.25, 0.3) is 0 Å². The Morgan fingerprint density at radius 1 is 1.07 bits per heavy atom. The summed E-state index contributed by atoms with van der Waals surface area (Å²) in [6, 6.07) is 15.3. The lowest BCUT2D eigenvalue weighted by molar-refractivity contribution is -0.124. The molecule has 2 aromatic rings. The van der Waals surface area contributed by atoms with Gasteiger partial charge in [-0.2, -0.15) is 4.72 Å². The predicted molar refractivity (Wildman–Crippen MR) is 123 cm³/mol. The van der Waals surface area contributed by atoms with Crippen LogP contribution in [0.3, 0.4) is 0 Å². The summed E-state index contributed by atoms with van der Waals surface area (Å²) >= 11 is 2.13. The van der Waals surface area contributed by atoms with Crippen LogP contribution in [0.1, 0.15) is 38.2 Å². The van der Waals surface area contributed by atoms with Gasteiger partial charge in [0.05, 0.1) is 4.90 Å². The van der Waals surface area contributed by atoms with Crippen LogP contribution < -0.4 is 10.0 Å². The summed E-state index contributed by atoms with van der Waals surface area (Å²) in [5, 5.41) is 3.11. The number of sulfonamides is 1. The molecule has 0 unspecified atom stereocenters. The van der Waals surface area contributed by atoms with Crippen LogP contribution in [0.4, 0.5) is 0 Å². The van der Waals surface area contributed by atoms with E-state index in [2.05, 4.69) is 39.6 Å². The average molecular weight is 526 g/mol. The molecule has 7 heteroatoms. The van der Waals surface area contributed by atoms with Gasteiger partial charge in [0, 0.05) is 9.61 Å². The lowest BCUT2D eigenvalue weighted by Gasteiger charge is -2.31. The van der Waals surface area contributed by atoms with Crippen molar-refractivity contribution in [3.8, 4) is 0 Å². The first kappa shape index (κ1) is 22.2. The molecule has 1 amide bonds. The third-order valence-electron chi connectivity index (χ3n) is 5.46. The van der Waals surface area contributed by atoms with Crippen LogP contribution in [-0.2, 0) is 21.2 Å². The van der Waals surface area contributed by atoms with Crippen molar-refractivity contribution in [3.63, 3.8) is 0 Å². The first-order valence-corrected chi connectivity index (χ1v) is 12.5. The van der Waals surface area contributed by atoms with Crippen molar-refractivity contribution in [2.45, 2.75) is 56.0 Å². The minimum atomic E-state index is -3.81. The molecule has 3 rings (SSSR count). The summed E-state index contributed by atoms with van der Waals surface area (Å²) < 4.78 is 29.4. The molecule has 0 aliphatic heterocycles. The van der Waals surface area contributed by atoms with Crippen LogP contribution in [0.2, 0.25) is 0 Å². The quantitative estimate of drug-likeness (QED) is 0.538. The highest BCUT2D eigenvalue weighted by Crippen LogP contribution is 2.24. The van der Waals surface area contributed by atoms with Crippen molar-refractivity contribution < 1.29 is 13.2 Å². The summed E-state index contributed by atoms with van der Waals surface area (Å²) in [4.78, 5) is 13.2. The van der Waals surface area contributed by atoms with Crippen molar-refractivity contribution >= 4 is 38.5 Å². The summed E-state index contributed by atoms with van der Waals surface area (Å²) in [6.07, 6.45) is 4.60. The maximum Gasteiger partial charge on any atom is 0.241 e. The first-order chi connectivity index (χ1) is 13.8. The Kier molecular flexibility index (Phi) is 7.70. The number of hydrogen-bond donors (Lipinski definition) is 2. The van der Waals surface area contributed by atoms with Crippen molar-refractivity contribution in [3.05, 3.63) is 63.7 Å². The van der Waals surface area contributed by atoms with E-state index in [4.69, 9.17) is 0 Å². The number of carbonyl (C=O) groups excluding carboxylic acids is 1. The van der Waals surface area contributed by atoms with Crippen molar-refractivity contribution in [1.29, 1.82) is 0 Å². The number of benzene rings is 2. The SMILES string of the molecule is C[C@@H]1CCCC[C@H]1NC(=O)[C@H](Cc1ccccc1)NS(=O)(=O)c1ccc(I)cc1. The number of nitrogens with one attached hydrogen (secondary N) is 2. The Morgan fingerprint density at radius 2 is 1.72 bits per heavy atom. The van der Waals surface area contributed by atoms with Crippen LogP contribution in [-0.4, -0.2) is 26.4 Å². The second-order valence-corrected chi connectivity index (χ2v) is 10.7. The molecule has 1 aliphatic carbocycles. The maximum absolute atomic E-state index is 13.1. The van der Waals surface area contributed by atoms with Gasteiger partial charge in [-0.3, -0.25) is 4.79 Å². The molecule has 0 spiro atoms. The zero-order chi connectivity index (χ0) is 20.9. The van der Waals surface area contributed by atoms with Crippen molar-refractivity contribution in [1.82, 2.24) is 10.0 Å². The fourth-order valence-electron chi connectivity index (χ4n) is 3.72. The Morgan fingerprint density at radius 3 is 2.38 bits per heavy atom. The second kappa shape index (κ2) is 10.0. The maximum atomic E-state index is 13.1. The summed E-state index contributed by atoms with van der Waals surface area (Å²) in [7, 11) is -3.81. The van der Waals surface area contributed by atoms with Gasteiger partial charge in [0.15, 0.2) is 0 Å². The summed E-state index contributed by atoms with van der Waals surface area (Å²) in [5.41, 5.74) is 0.912. The number of hydrogen-bond acceptors (Lipinski definition) is 3. The number of amides is 1. The van der Waals surface area contributed by atoms with Crippen molar-refractivity contribution in [2.24, 2.45) is 5.92 Å². The first-order valence-electron chi connectivity index (χ1n) is 9.97. The van der Waals surface area contributed by atoms with E-state index in [1.165, 1.54) is 6.42 Å². The van der Waals surface area contributed by atoms with E-state index in [1.807, 2.05) is 30.3 Å². The average Bonchev–Trinajstić information content (AvgIpc) is 2.70. The number of rotatable bonds is 7. The molecule has 29 heavy (non-hydrogen) atoms. The molecule has 0 heterocycles. The zero-order valence-corrected chi connectivity index (χ0v) is 19.4. The lowest BCUT2D eigenvalue weighted by atomic mass is 9.86.